The second kappa shape index (κ2) is 10.1. The molecular weight excluding hydrogens is 436 g/mol. The second-order valence-corrected chi connectivity index (χ2v) is 8.64. The van der Waals surface area contributed by atoms with Crippen molar-refractivity contribution in [1.82, 2.24) is 14.8 Å². The van der Waals surface area contributed by atoms with Crippen LogP contribution in [0.15, 0.2) is 53.7 Å². The first-order valence-electron chi connectivity index (χ1n) is 10.2. The molecule has 0 bridgehead atoms. The molecule has 2 heterocycles. The third kappa shape index (κ3) is 5.25. The largest absolute Gasteiger partial charge is 0.378 e. The van der Waals surface area contributed by atoms with E-state index in [1.54, 1.807) is 6.92 Å². The van der Waals surface area contributed by atoms with Gasteiger partial charge in [0.2, 0.25) is 11.9 Å². The molecule has 10 heteroatoms. The van der Waals surface area contributed by atoms with Gasteiger partial charge in [0.05, 0.1) is 30.7 Å². The minimum absolute atomic E-state index is 0.192. The molecule has 0 spiro atoms. The van der Waals surface area contributed by atoms with Crippen LogP contribution < -0.4 is 10.2 Å². The van der Waals surface area contributed by atoms with E-state index in [0.29, 0.717) is 44.0 Å². The normalized spacial score (nSPS) is 14.9. The van der Waals surface area contributed by atoms with Gasteiger partial charge < -0.3 is 15.0 Å². The molecule has 168 valence electrons. The average Bonchev–Trinajstić information content (AvgIpc) is 3.19. The zero-order valence-corrected chi connectivity index (χ0v) is 18.3. The summed E-state index contributed by atoms with van der Waals surface area (Å²) in [6, 6.07) is 12.8. The number of hydrogen-bond donors (Lipinski definition) is 1. The fourth-order valence-corrected chi connectivity index (χ4v) is 4.15. The summed E-state index contributed by atoms with van der Waals surface area (Å²) in [7, 11) is 0. The van der Waals surface area contributed by atoms with Crippen LogP contribution in [0, 0.1) is 11.6 Å². The van der Waals surface area contributed by atoms with Crippen molar-refractivity contribution >= 4 is 29.3 Å². The molecule has 3 aromatic rings. The zero-order valence-electron chi connectivity index (χ0n) is 17.5. The molecule has 1 saturated heterocycles. The van der Waals surface area contributed by atoms with Crippen molar-refractivity contribution in [2.45, 2.75) is 23.9 Å². The summed E-state index contributed by atoms with van der Waals surface area (Å²) in [5.41, 5.74) is 0.879. The number of benzene rings is 2. The lowest BCUT2D eigenvalue weighted by Crippen LogP contribution is -2.38. The molecule has 4 rings (SSSR count). The van der Waals surface area contributed by atoms with Gasteiger partial charge in [-0.05, 0) is 24.6 Å². The van der Waals surface area contributed by atoms with Crippen LogP contribution in [-0.2, 0) is 16.1 Å². The molecule has 1 N–H and O–H groups in total. The second-order valence-electron chi connectivity index (χ2n) is 7.33. The van der Waals surface area contributed by atoms with Crippen molar-refractivity contribution in [3.8, 4) is 0 Å². The molecule has 0 saturated carbocycles. The summed E-state index contributed by atoms with van der Waals surface area (Å²) in [5, 5.41) is 11.1. The van der Waals surface area contributed by atoms with Gasteiger partial charge in [-0.1, -0.05) is 42.1 Å². The first kappa shape index (κ1) is 22.2. The quantitative estimate of drug-likeness (QED) is 0.545. The third-order valence-electron chi connectivity index (χ3n) is 5.01. The molecule has 1 aromatic heterocycles. The van der Waals surface area contributed by atoms with Gasteiger partial charge in [0.1, 0.15) is 11.6 Å². The average molecular weight is 460 g/mol. The predicted octanol–water partition coefficient (Wildman–Crippen LogP) is 3.56. The Labute approximate surface area is 188 Å². The van der Waals surface area contributed by atoms with Crippen LogP contribution in [-0.4, -0.2) is 52.2 Å². The van der Waals surface area contributed by atoms with E-state index < -0.39 is 22.8 Å². The Morgan fingerprint density at radius 2 is 1.91 bits per heavy atom. The molecule has 2 aromatic carbocycles. The number of nitrogens with zero attached hydrogens (tertiary/aromatic N) is 4. The molecule has 32 heavy (non-hydrogen) atoms. The smallest absolute Gasteiger partial charge is 0.237 e. The van der Waals surface area contributed by atoms with Crippen molar-refractivity contribution in [3.63, 3.8) is 0 Å². The highest BCUT2D eigenvalue weighted by Crippen LogP contribution is 2.28. The number of aromatic nitrogens is 3. The number of nitrogens with one attached hydrogen (secondary N) is 1. The van der Waals surface area contributed by atoms with Gasteiger partial charge in [-0.3, -0.25) is 9.36 Å². The monoisotopic (exact) mass is 459 g/mol. The number of carbonyl (C=O) groups excluding carboxylic acids is 1. The number of ether oxygens (including phenoxy) is 1. The van der Waals surface area contributed by atoms with E-state index in [2.05, 4.69) is 20.4 Å². The van der Waals surface area contributed by atoms with Crippen molar-refractivity contribution in [2.24, 2.45) is 0 Å². The van der Waals surface area contributed by atoms with E-state index in [4.69, 9.17) is 4.74 Å². The number of thioether (sulfide) groups is 1. The maximum Gasteiger partial charge on any atom is 0.237 e. The number of carbonyl (C=O) groups is 1. The molecule has 0 aliphatic carbocycles. The Kier molecular flexibility index (Phi) is 7.01. The van der Waals surface area contributed by atoms with Gasteiger partial charge in [0.25, 0.3) is 0 Å². The maximum atomic E-state index is 13.9. The van der Waals surface area contributed by atoms with E-state index in [-0.39, 0.29) is 5.69 Å². The minimum atomic E-state index is -0.696. The topological polar surface area (TPSA) is 72.3 Å². The number of rotatable bonds is 7. The fraction of sp³-hybridized carbons (Fsp3) is 0.318. The van der Waals surface area contributed by atoms with E-state index in [9.17, 15) is 13.6 Å². The first-order valence-corrected chi connectivity index (χ1v) is 11.1. The number of halogens is 2. The highest BCUT2D eigenvalue weighted by atomic mass is 32.2. The van der Waals surface area contributed by atoms with Crippen LogP contribution in [0.1, 0.15) is 12.5 Å². The molecule has 1 atom stereocenters. The molecular formula is C22H23F2N5O2S. The molecule has 0 radical (unpaired) electrons. The van der Waals surface area contributed by atoms with E-state index in [0.717, 1.165) is 23.8 Å². The Hall–Kier alpha value is -2.98. The highest BCUT2D eigenvalue weighted by molar-refractivity contribution is 8.00. The number of hydrogen-bond acceptors (Lipinski definition) is 6. The van der Waals surface area contributed by atoms with Crippen LogP contribution >= 0.6 is 11.8 Å². The molecule has 7 nitrogen and oxygen atoms in total. The highest BCUT2D eigenvalue weighted by Gasteiger charge is 2.24. The maximum absolute atomic E-state index is 13.9. The van der Waals surface area contributed by atoms with Gasteiger partial charge in [0.15, 0.2) is 5.16 Å². The number of anilines is 2. The minimum Gasteiger partial charge on any atom is -0.378 e. The summed E-state index contributed by atoms with van der Waals surface area (Å²) < 4.78 is 34.7. The molecule has 1 unspecified atom stereocenters. The van der Waals surface area contributed by atoms with Crippen molar-refractivity contribution < 1.29 is 18.3 Å². The molecule has 1 fully saturated rings. The van der Waals surface area contributed by atoms with Crippen LogP contribution in [0.2, 0.25) is 0 Å². The van der Waals surface area contributed by atoms with E-state index in [1.165, 1.54) is 11.8 Å². The van der Waals surface area contributed by atoms with E-state index in [1.807, 2.05) is 34.9 Å². The number of morpholine rings is 1. The lowest BCUT2D eigenvalue weighted by molar-refractivity contribution is -0.115. The molecule has 1 amide bonds. The van der Waals surface area contributed by atoms with Gasteiger partial charge in [-0.15, -0.1) is 10.2 Å². The van der Waals surface area contributed by atoms with Gasteiger partial charge in [0, 0.05) is 19.2 Å². The first-order chi connectivity index (χ1) is 15.5. The van der Waals surface area contributed by atoms with Crippen molar-refractivity contribution in [3.05, 3.63) is 65.7 Å². The predicted molar refractivity (Wildman–Crippen MR) is 119 cm³/mol. The zero-order chi connectivity index (χ0) is 22.5. The SMILES string of the molecule is CC(Sc1nnc(N2CCOCC2)n1Cc1ccccc1)C(=O)Nc1cc(F)ccc1F. The Balaban J connectivity index is 1.54. The van der Waals surface area contributed by atoms with Gasteiger partial charge in [-0.2, -0.15) is 0 Å². The standard InChI is InChI=1S/C22H23F2N5O2S/c1-15(20(30)25-19-13-17(23)7-8-18(19)24)32-22-27-26-21(28-9-11-31-12-10-28)29(22)14-16-5-3-2-4-6-16/h2-8,13,15H,9-12,14H2,1H3,(H,25,30). The third-order valence-corrected chi connectivity index (χ3v) is 6.09. The summed E-state index contributed by atoms with van der Waals surface area (Å²) >= 11 is 1.21. The van der Waals surface area contributed by atoms with Crippen LogP contribution in [0.4, 0.5) is 20.4 Å². The van der Waals surface area contributed by atoms with Crippen LogP contribution in [0.25, 0.3) is 0 Å². The lowest BCUT2D eigenvalue weighted by atomic mass is 10.2. The lowest BCUT2D eigenvalue weighted by Gasteiger charge is -2.28. The van der Waals surface area contributed by atoms with Gasteiger partial charge >= 0.3 is 0 Å². The van der Waals surface area contributed by atoms with Crippen molar-refractivity contribution in [2.75, 3.05) is 36.5 Å². The Morgan fingerprint density at radius 1 is 1.16 bits per heavy atom. The van der Waals surface area contributed by atoms with Crippen LogP contribution in [0.5, 0.6) is 0 Å². The van der Waals surface area contributed by atoms with Gasteiger partial charge in [-0.25, -0.2) is 8.78 Å². The summed E-state index contributed by atoms with van der Waals surface area (Å²) in [6.45, 7) is 4.85. The summed E-state index contributed by atoms with van der Waals surface area (Å²) in [4.78, 5) is 14.8. The number of amides is 1. The van der Waals surface area contributed by atoms with Crippen molar-refractivity contribution in [1.29, 1.82) is 0 Å². The molecule has 1 aliphatic rings. The molecule has 1 aliphatic heterocycles. The van der Waals surface area contributed by atoms with E-state index >= 15 is 0 Å². The summed E-state index contributed by atoms with van der Waals surface area (Å²) in [6.07, 6.45) is 0. The Morgan fingerprint density at radius 3 is 2.66 bits per heavy atom. The fourth-order valence-electron chi connectivity index (χ4n) is 3.31. The van der Waals surface area contributed by atoms with Crippen LogP contribution in [0.3, 0.4) is 0 Å². The summed E-state index contributed by atoms with van der Waals surface area (Å²) in [5.74, 6) is -1.07. The Bertz CT molecular complexity index is 1070.